The minimum Gasteiger partial charge on any atom is -0.371 e. The van der Waals surface area contributed by atoms with Gasteiger partial charge in [-0.05, 0) is 18.2 Å². The number of fused-ring (bicyclic) bond motifs is 1. The van der Waals surface area contributed by atoms with E-state index >= 15 is 0 Å². The topological polar surface area (TPSA) is 32.5 Å². The van der Waals surface area contributed by atoms with Gasteiger partial charge in [-0.3, -0.25) is 0 Å². The third-order valence-corrected chi connectivity index (χ3v) is 2.79. The van der Waals surface area contributed by atoms with Crippen molar-refractivity contribution in [1.82, 2.24) is 0 Å². The molecule has 1 aromatic rings. The number of hydrogen-bond acceptors (Lipinski definition) is 3. The fourth-order valence-electron chi connectivity index (χ4n) is 1.97. The van der Waals surface area contributed by atoms with Crippen molar-refractivity contribution in [2.24, 2.45) is 5.73 Å². The number of nitrogens with two attached hydrogens (primary N) is 1. The zero-order valence-corrected chi connectivity index (χ0v) is 8.91. The summed E-state index contributed by atoms with van der Waals surface area (Å²) >= 11 is 0. The monoisotopic (exact) mass is 209 g/mol. The van der Waals surface area contributed by atoms with Crippen LogP contribution in [0.2, 0.25) is 0 Å². The molecular weight excluding hydrogens is 193 g/mol. The van der Waals surface area contributed by atoms with Crippen LogP contribution in [-0.2, 0) is 0 Å². The van der Waals surface area contributed by atoms with Gasteiger partial charge < -0.3 is 15.5 Å². The van der Waals surface area contributed by atoms with Gasteiger partial charge in [0.2, 0.25) is 0 Å². The van der Waals surface area contributed by atoms with Gasteiger partial charge >= 0.3 is 0 Å². The van der Waals surface area contributed by atoms with Crippen LogP contribution in [0.5, 0.6) is 0 Å². The molecule has 0 fully saturated rings. The zero-order valence-electron chi connectivity index (χ0n) is 8.91. The number of rotatable bonds is 2. The van der Waals surface area contributed by atoms with E-state index in [1.165, 1.54) is 6.07 Å². The molecule has 0 aliphatic carbocycles. The second-order valence-electron chi connectivity index (χ2n) is 3.83. The quantitative estimate of drug-likeness (QED) is 0.790. The molecule has 15 heavy (non-hydrogen) atoms. The highest BCUT2D eigenvalue weighted by Gasteiger charge is 2.19. The molecule has 0 spiro atoms. The van der Waals surface area contributed by atoms with E-state index in [1.807, 2.05) is 13.1 Å². The first-order chi connectivity index (χ1) is 7.22. The predicted octanol–water partition coefficient (Wildman–Crippen LogP) is 1.04. The maximum absolute atomic E-state index is 13.1. The summed E-state index contributed by atoms with van der Waals surface area (Å²) in [5.41, 5.74) is 7.58. The molecule has 0 saturated carbocycles. The van der Waals surface area contributed by atoms with Gasteiger partial charge in [0, 0.05) is 33.2 Å². The van der Waals surface area contributed by atoms with Crippen molar-refractivity contribution in [2.45, 2.75) is 0 Å². The molecule has 0 unspecified atom stereocenters. The van der Waals surface area contributed by atoms with Crippen LogP contribution < -0.4 is 15.5 Å². The lowest BCUT2D eigenvalue weighted by atomic mass is 10.1. The van der Waals surface area contributed by atoms with Gasteiger partial charge in [0.15, 0.2) is 0 Å². The van der Waals surface area contributed by atoms with E-state index in [1.54, 1.807) is 6.07 Å². The number of nitrogens with zero attached hydrogens (tertiary/aromatic N) is 2. The average Bonchev–Trinajstić information content (AvgIpc) is 2.23. The van der Waals surface area contributed by atoms with Crippen molar-refractivity contribution >= 4 is 11.4 Å². The lowest BCUT2D eigenvalue weighted by Crippen LogP contribution is -2.41. The molecule has 2 N–H and O–H groups in total. The van der Waals surface area contributed by atoms with Gasteiger partial charge in [-0.2, -0.15) is 0 Å². The van der Waals surface area contributed by atoms with Crippen molar-refractivity contribution in [3.8, 4) is 0 Å². The van der Waals surface area contributed by atoms with Crippen LogP contribution in [0.15, 0.2) is 18.2 Å². The fourth-order valence-corrected chi connectivity index (χ4v) is 1.97. The number of hydrogen-bond donors (Lipinski definition) is 1. The maximum atomic E-state index is 13.1. The van der Waals surface area contributed by atoms with Crippen LogP contribution in [-0.4, -0.2) is 33.2 Å². The first kappa shape index (κ1) is 10.2. The summed E-state index contributed by atoms with van der Waals surface area (Å²) in [4.78, 5) is 4.28. The Morgan fingerprint density at radius 2 is 2.13 bits per heavy atom. The van der Waals surface area contributed by atoms with E-state index in [-0.39, 0.29) is 5.82 Å². The van der Waals surface area contributed by atoms with Crippen molar-refractivity contribution in [3.63, 3.8) is 0 Å². The third-order valence-electron chi connectivity index (χ3n) is 2.79. The summed E-state index contributed by atoms with van der Waals surface area (Å²) in [6, 6.07) is 4.91. The van der Waals surface area contributed by atoms with Gasteiger partial charge in [-0.1, -0.05) is 0 Å². The summed E-state index contributed by atoms with van der Waals surface area (Å²) in [6.07, 6.45) is 0. The van der Waals surface area contributed by atoms with Crippen molar-refractivity contribution in [3.05, 3.63) is 24.0 Å². The smallest absolute Gasteiger partial charge is 0.125 e. The molecule has 1 heterocycles. The standard InChI is InChI=1S/C11H16FN3/c1-14-6-7-15(5-4-13)10-3-2-9(12)8-11(10)14/h2-3,8H,4-7,13H2,1H3. The van der Waals surface area contributed by atoms with E-state index < -0.39 is 0 Å². The minimum atomic E-state index is -0.185. The number of halogens is 1. The Labute approximate surface area is 89.3 Å². The van der Waals surface area contributed by atoms with Crippen LogP contribution in [0.3, 0.4) is 0 Å². The predicted molar refractivity (Wildman–Crippen MR) is 60.9 cm³/mol. The van der Waals surface area contributed by atoms with E-state index in [4.69, 9.17) is 5.73 Å². The largest absolute Gasteiger partial charge is 0.371 e. The molecule has 4 heteroatoms. The third kappa shape index (κ3) is 1.90. The van der Waals surface area contributed by atoms with Gasteiger partial charge in [0.1, 0.15) is 5.82 Å². The Hall–Kier alpha value is -1.29. The van der Waals surface area contributed by atoms with Crippen LogP contribution >= 0.6 is 0 Å². The molecule has 0 amide bonds. The van der Waals surface area contributed by atoms with Crippen LogP contribution in [0.4, 0.5) is 15.8 Å². The Kier molecular flexibility index (Phi) is 2.77. The number of benzene rings is 1. The molecular formula is C11H16FN3. The minimum absolute atomic E-state index is 0.185. The van der Waals surface area contributed by atoms with Gasteiger partial charge in [0.05, 0.1) is 11.4 Å². The number of anilines is 2. The summed E-state index contributed by atoms with van der Waals surface area (Å²) in [5.74, 6) is -0.185. The van der Waals surface area contributed by atoms with E-state index in [9.17, 15) is 4.39 Å². The second-order valence-corrected chi connectivity index (χ2v) is 3.83. The summed E-state index contributed by atoms with van der Waals surface area (Å²) in [6.45, 7) is 3.32. The maximum Gasteiger partial charge on any atom is 0.125 e. The summed E-state index contributed by atoms with van der Waals surface area (Å²) in [5, 5.41) is 0. The lowest BCUT2D eigenvalue weighted by Gasteiger charge is -2.36. The molecule has 1 aliphatic rings. The van der Waals surface area contributed by atoms with Crippen LogP contribution in [0.1, 0.15) is 0 Å². The SMILES string of the molecule is CN1CCN(CCN)c2ccc(F)cc21. The van der Waals surface area contributed by atoms with Crippen molar-refractivity contribution in [1.29, 1.82) is 0 Å². The van der Waals surface area contributed by atoms with Gasteiger partial charge in [-0.25, -0.2) is 4.39 Å². The van der Waals surface area contributed by atoms with Crippen LogP contribution in [0, 0.1) is 5.82 Å². The lowest BCUT2D eigenvalue weighted by molar-refractivity contribution is 0.624. The number of likely N-dealkylation sites (N-methyl/N-ethyl adjacent to an activating group) is 1. The molecule has 3 nitrogen and oxygen atoms in total. The molecule has 82 valence electrons. The van der Waals surface area contributed by atoms with E-state index in [0.717, 1.165) is 31.0 Å². The fraction of sp³-hybridized carbons (Fsp3) is 0.455. The average molecular weight is 209 g/mol. The normalized spacial score (nSPS) is 15.4. The molecule has 0 radical (unpaired) electrons. The van der Waals surface area contributed by atoms with Crippen molar-refractivity contribution in [2.75, 3.05) is 43.0 Å². The Morgan fingerprint density at radius 1 is 1.33 bits per heavy atom. The molecule has 1 aromatic carbocycles. The second kappa shape index (κ2) is 4.06. The highest BCUT2D eigenvalue weighted by Crippen LogP contribution is 2.32. The highest BCUT2D eigenvalue weighted by atomic mass is 19.1. The summed E-state index contributed by atoms with van der Waals surface area (Å²) < 4.78 is 13.1. The Balaban J connectivity index is 2.36. The van der Waals surface area contributed by atoms with E-state index in [0.29, 0.717) is 6.54 Å². The van der Waals surface area contributed by atoms with Gasteiger partial charge in [-0.15, -0.1) is 0 Å². The molecule has 0 atom stereocenters. The Bertz CT molecular complexity index is 354. The molecule has 1 aliphatic heterocycles. The molecule has 2 rings (SSSR count). The first-order valence-electron chi connectivity index (χ1n) is 5.18. The molecule has 0 saturated heterocycles. The molecule has 0 aromatic heterocycles. The summed E-state index contributed by atoms with van der Waals surface area (Å²) in [7, 11) is 1.98. The van der Waals surface area contributed by atoms with E-state index in [2.05, 4.69) is 9.80 Å². The zero-order chi connectivity index (χ0) is 10.8. The highest BCUT2D eigenvalue weighted by molar-refractivity contribution is 5.73. The molecule has 0 bridgehead atoms. The van der Waals surface area contributed by atoms with Crippen molar-refractivity contribution < 1.29 is 4.39 Å². The van der Waals surface area contributed by atoms with Gasteiger partial charge in [0.25, 0.3) is 0 Å². The van der Waals surface area contributed by atoms with Crippen LogP contribution in [0.25, 0.3) is 0 Å². The Morgan fingerprint density at radius 3 is 2.87 bits per heavy atom. The first-order valence-corrected chi connectivity index (χ1v) is 5.18.